The molecule has 0 aromatic heterocycles. The van der Waals surface area contributed by atoms with Gasteiger partial charge in [0.2, 0.25) is 0 Å². The minimum Gasteiger partial charge on any atom is -0.494 e. The second-order valence-electron chi connectivity index (χ2n) is 4.17. The number of hydrogen-bond donors (Lipinski definition) is 0. The van der Waals surface area contributed by atoms with E-state index in [4.69, 9.17) is 16.3 Å². The average Bonchev–Trinajstić information content (AvgIpc) is 2.37. The van der Waals surface area contributed by atoms with E-state index in [2.05, 4.69) is 0 Å². The third-order valence-electron chi connectivity index (χ3n) is 2.73. The molecule has 0 N–H and O–H groups in total. The van der Waals surface area contributed by atoms with E-state index in [1.165, 1.54) is 25.3 Å². The van der Waals surface area contributed by atoms with Gasteiger partial charge in [-0.15, -0.1) is 0 Å². The van der Waals surface area contributed by atoms with Gasteiger partial charge in [0.05, 0.1) is 12.7 Å². The highest BCUT2D eigenvalue weighted by Crippen LogP contribution is 2.24. The van der Waals surface area contributed by atoms with Gasteiger partial charge in [0, 0.05) is 10.6 Å². The second kappa shape index (κ2) is 5.41. The Hall–Kier alpha value is -1.87. The van der Waals surface area contributed by atoms with Crippen LogP contribution in [0.1, 0.15) is 21.5 Å². The SMILES string of the molecule is COc1cccc(C(=O)c2cc(C)cc(Cl)c2)c1F. The number of ketones is 1. The number of halogens is 2. The third kappa shape index (κ3) is 2.76. The summed E-state index contributed by atoms with van der Waals surface area (Å²) >= 11 is 5.91. The fourth-order valence-electron chi connectivity index (χ4n) is 1.87. The topological polar surface area (TPSA) is 26.3 Å². The van der Waals surface area contributed by atoms with Crippen molar-refractivity contribution in [2.24, 2.45) is 0 Å². The lowest BCUT2D eigenvalue weighted by Gasteiger charge is -2.07. The van der Waals surface area contributed by atoms with E-state index < -0.39 is 11.6 Å². The zero-order valence-electron chi connectivity index (χ0n) is 10.5. The van der Waals surface area contributed by atoms with Crippen molar-refractivity contribution in [1.29, 1.82) is 0 Å². The molecule has 19 heavy (non-hydrogen) atoms. The zero-order chi connectivity index (χ0) is 14.0. The van der Waals surface area contributed by atoms with Gasteiger partial charge in [-0.25, -0.2) is 4.39 Å². The Morgan fingerprint density at radius 1 is 1.26 bits per heavy atom. The minimum atomic E-state index is -0.660. The van der Waals surface area contributed by atoms with Crippen LogP contribution in [0, 0.1) is 12.7 Å². The lowest BCUT2D eigenvalue weighted by Crippen LogP contribution is -2.06. The van der Waals surface area contributed by atoms with Gasteiger partial charge in [0.15, 0.2) is 17.3 Å². The first kappa shape index (κ1) is 13.6. The van der Waals surface area contributed by atoms with Gasteiger partial charge in [0.1, 0.15) is 0 Å². The summed E-state index contributed by atoms with van der Waals surface area (Å²) in [5.74, 6) is -1.03. The predicted molar refractivity (Wildman–Crippen MR) is 72.6 cm³/mol. The molecule has 0 saturated carbocycles. The average molecular weight is 279 g/mol. The first-order chi connectivity index (χ1) is 9.02. The molecule has 0 bridgehead atoms. The normalized spacial score (nSPS) is 10.3. The summed E-state index contributed by atoms with van der Waals surface area (Å²) in [7, 11) is 1.36. The second-order valence-corrected chi connectivity index (χ2v) is 4.60. The van der Waals surface area contributed by atoms with Crippen LogP contribution < -0.4 is 4.74 Å². The highest BCUT2D eigenvalue weighted by atomic mass is 35.5. The number of ether oxygens (including phenoxy) is 1. The van der Waals surface area contributed by atoms with Gasteiger partial charge in [-0.1, -0.05) is 17.7 Å². The van der Waals surface area contributed by atoms with Gasteiger partial charge >= 0.3 is 0 Å². The largest absolute Gasteiger partial charge is 0.494 e. The van der Waals surface area contributed by atoms with Crippen molar-refractivity contribution >= 4 is 17.4 Å². The monoisotopic (exact) mass is 278 g/mol. The maximum absolute atomic E-state index is 14.0. The van der Waals surface area contributed by atoms with Gasteiger partial charge in [-0.05, 0) is 42.8 Å². The molecule has 0 amide bonds. The van der Waals surface area contributed by atoms with E-state index in [0.29, 0.717) is 10.6 Å². The molecule has 0 unspecified atom stereocenters. The predicted octanol–water partition coefficient (Wildman–Crippen LogP) is 4.03. The smallest absolute Gasteiger partial charge is 0.196 e. The van der Waals surface area contributed by atoms with Crippen molar-refractivity contribution in [1.82, 2.24) is 0 Å². The quantitative estimate of drug-likeness (QED) is 0.793. The molecular formula is C15H12ClFO2. The van der Waals surface area contributed by atoms with Gasteiger partial charge in [0.25, 0.3) is 0 Å². The summed E-state index contributed by atoms with van der Waals surface area (Å²) < 4.78 is 18.9. The van der Waals surface area contributed by atoms with E-state index in [9.17, 15) is 9.18 Å². The van der Waals surface area contributed by atoms with Crippen LogP contribution in [0.4, 0.5) is 4.39 Å². The number of aryl methyl sites for hydroxylation is 1. The Labute approximate surface area is 115 Å². The van der Waals surface area contributed by atoms with E-state index >= 15 is 0 Å². The third-order valence-corrected chi connectivity index (χ3v) is 2.95. The number of carbonyl (C=O) groups excluding carboxylic acids is 1. The molecule has 0 aliphatic heterocycles. The van der Waals surface area contributed by atoms with Crippen LogP contribution in [-0.2, 0) is 0 Å². The summed E-state index contributed by atoms with van der Waals surface area (Å²) in [6, 6.07) is 9.40. The Morgan fingerprint density at radius 2 is 2.00 bits per heavy atom. The molecule has 2 nitrogen and oxygen atoms in total. The van der Waals surface area contributed by atoms with E-state index in [1.54, 1.807) is 18.2 Å². The van der Waals surface area contributed by atoms with Gasteiger partial charge < -0.3 is 4.74 Å². The number of benzene rings is 2. The number of methoxy groups -OCH3 is 1. The maximum atomic E-state index is 14.0. The van der Waals surface area contributed by atoms with Crippen LogP contribution in [0.25, 0.3) is 0 Å². The van der Waals surface area contributed by atoms with Crippen molar-refractivity contribution in [2.45, 2.75) is 6.92 Å². The van der Waals surface area contributed by atoms with E-state index in [1.807, 2.05) is 6.92 Å². The summed E-state index contributed by atoms with van der Waals surface area (Å²) in [6.07, 6.45) is 0. The lowest BCUT2D eigenvalue weighted by atomic mass is 10.0. The van der Waals surface area contributed by atoms with Crippen molar-refractivity contribution in [3.05, 3.63) is 63.9 Å². The lowest BCUT2D eigenvalue weighted by molar-refractivity contribution is 0.103. The van der Waals surface area contributed by atoms with Crippen LogP contribution in [-0.4, -0.2) is 12.9 Å². The molecule has 0 radical (unpaired) electrons. The number of carbonyl (C=O) groups is 1. The Kier molecular flexibility index (Phi) is 3.86. The summed E-state index contributed by atoms with van der Waals surface area (Å²) in [6.45, 7) is 1.82. The molecule has 2 rings (SSSR count). The molecule has 0 atom stereocenters. The molecule has 0 heterocycles. The van der Waals surface area contributed by atoms with Crippen LogP contribution >= 0.6 is 11.6 Å². The minimum absolute atomic E-state index is 0.0268. The van der Waals surface area contributed by atoms with Crippen LogP contribution in [0.2, 0.25) is 5.02 Å². The molecule has 0 aliphatic rings. The van der Waals surface area contributed by atoms with Crippen molar-refractivity contribution < 1.29 is 13.9 Å². The van der Waals surface area contributed by atoms with Gasteiger partial charge in [-0.2, -0.15) is 0 Å². The fraction of sp³-hybridized carbons (Fsp3) is 0.133. The first-order valence-corrected chi connectivity index (χ1v) is 6.05. The standard InChI is InChI=1S/C15H12ClFO2/c1-9-6-10(8-11(16)7-9)15(18)12-4-3-5-13(19-2)14(12)17/h3-8H,1-2H3. The molecule has 0 saturated heterocycles. The Morgan fingerprint density at radius 3 is 2.63 bits per heavy atom. The van der Waals surface area contributed by atoms with Crippen LogP contribution in [0.5, 0.6) is 5.75 Å². The maximum Gasteiger partial charge on any atom is 0.196 e. The van der Waals surface area contributed by atoms with Crippen molar-refractivity contribution in [3.8, 4) is 5.75 Å². The Bertz CT molecular complexity index is 618. The van der Waals surface area contributed by atoms with Crippen LogP contribution in [0.15, 0.2) is 36.4 Å². The molecule has 0 spiro atoms. The molecule has 0 aliphatic carbocycles. The number of rotatable bonds is 3. The highest BCUT2D eigenvalue weighted by molar-refractivity contribution is 6.31. The van der Waals surface area contributed by atoms with E-state index in [-0.39, 0.29) is 11.3 Å². The molecule has 4 heteroatoms. The summed E-state index contributed by atoms with van der Waals surface area (Å²) in [5, 5.41) is 0.451. The van der Waals surface area contributed by atoms with E-state index in [0.717, 1.165) is 5.56 Å². The highest BCUT2D eigenvalue weighted by Gasteiger charge is 2.17. The fourth-order valence-corrected chi connectivity index (χ4v) is 2.16. The summed E-state index contributed by atoms with van der Waals surface area (Å²) in [5.41, 5.74) is 1.18. The van der Waals surface area contributed by atoms with Crippen molar-refractivity contribution in [2.75, 3.05) is 7.11 Å². The first-order valence-electron chi connectivity index (χ1n) is 5.67. The zero-order valence-corrected chi connectivity index (χ0v) is 11.3. The van der Waals surface area contributed by atoms with Crippen LogP contribution in [0.3, 0.4) is 0 Å². The van der Waals surface area contributed by atoms with Gasteiger partial charge in [-0.3, -0.25) is 4.79 Å². The molecule has 98 valence electrons. The molecule has 2 aromatic rings. The molecule has 0 fully saturated rings. The number of hydrogen-bond acceptors (Lipinski definition) is 2. The Balaban J connectivity index is 2.50. The molecule has 2 aromatic carbocycles. The van der Waals surface area contributed by atoms with Crippen molar-refractivity contribution in [3.63, 3.8) is 0 Å². The molecular weight excluding hydrogens is 267 g/mol. The summed E-state index contributed by atoms with van der Waals surface area (Å²) in [4.78, 5) is 12.3.